The van der Waals surface area contributed by atoms with Crippen LogP contribution in [-0.2, 0) is 23.8 Å². The van der Waals surface area contributed by atoms with Crippen molar-refractivity contribution in [1.29, 1.82) is 0 Å². The number of hydrogen-bond acceptors (Lipinski definition) is 5. The van der Waals surface area contributed by atoms with Gasteiger partial charge in [0.1, 0.15) is 6.61 Å². The Balaban J connectivity index is 4.33. The third kappa shape index (κ3) is 50.5. The molecule has 0 N–H and O–H groups in total. The van der Waals surface area contributed by atoms with Crippen LogP contribution in [0.1, 0.15) is 278 Å². The molecule has 0 fully saturated rings. The molecule has 0 unspecified atom stereocenters. The van der Waals surface area contributed by atoms with Gasteiger partial charge in [0.15, 0.2) is 6.10 Å². The molecule has 0 saturated heterocycles. The molecule has 0 amide bonds. The summed E-state index contributed by atoms with van der Waals surface area (Å²) in [5.41, 5.74) is 0. The summed E-state index contributed by atoms with van der Waals surface area (Å²) in [5.74, 6) is -0.456. The number of rotatable bonds is 50. The van der Waals surface area contributed by atoms with E-state index >= 15 is 0 Å². The molecule has 0 aliphatic carbocycles. The molecule has 1 atom stereocenters. The van der Waals surface area contributed by atoms with Crippen LogP contribution >= 0.6 is 0 Å². The van der Waals surface area contributed by atoms with Gasteiger partial charge < -0.3 is 14.2 Å². The van der Waals surface area contributed by atoms with Crippen LogP contribution in [0.15, 0.2) is 48.6 Å². The van der Waals surface area contributed by atoms with E-state index in [1.165, 1.54) is 180 Å². The van der Waals surface area contributed by atoms with E-state index in [4.69, 9.17) is 14.2 Å². The number of ether oxygens (including phenoxy) is 3. The standard InChI is InChI=1S/C57H104O5/c1-4-7-10-13-16-19-22-25-27-29-30-33-36-39-42-45-48-51-57(59)62-55(54-61-56(58)50-47-44-41-38-35-32-24-21-18-15-12-9-6-3)53-60-52-49-46-43-40-37-34-31-28-26-23-20-17-14-11-8-5-2/h21,24-25,27,30,33,39,42,55H,4-20,22-23,26,28-29,31-32,34-38,40-41,43-54H2,1-3H3/b24-21-,27-25-,33-30-,42-39-/t55-/m1/s1. The van der Waals surface area contributed by atoms with E-state index in [1.54, 1.807) is 0 Å². The summed E-state index contributed by atoms with van der Waals surface area (Å²) in [4.78, 5) is 25.4. The van der Waals surface area contributed by atoms with E-state index in [1.807, 2.05) is 0 Å². The van der Waals surface area contributed by atoms with Crippen molar-refractivity contribution in [1.82, 2.24) is 0 Å². The average molecular weight is 869 g/mol. The van der Waals surface area contributed by atoms with Crippen molar-refractivity contribution in [3.8, 4) is 0 Å². The van der Waals surface area contributed by atoms with E-state index < -0.39 is 6.10 Å². The lowest BCUT2D eigenvalue weighted by Gasteiger charge is -2.18. The summed E-state index contributed by atoms with van der Waals surface area (Å²) < 4.78 is 17.4. The molecule has 5 nitrogen and oxygen atoms in total. The molecule has 5 heteroatoms. The van der Waals surface area contributed by atoms with Gasteiger partial charge in [-0.1, -0.05) is 236 Å². The molecule has 0 aliphatic rings. The molecule has 0 rings (SSSR count). The molecule has 0 aliphatic heterocycles. The minimum absolute atomic E-state index is 0.0643. The molecule has 0 aromatic carbocycles. The molecule has 0 saturated carbocycles. The lowest BCUT2D eigenvalue weighted by atomic mass is 10.0. The molecule has 0 aromatic heterocycles. The summed E-state index contributed by atoms with van der Waals surface area (Å²) in [5, 5.41) is 0. The van der Waals surface area contributed by atoms with E-state index in [-0.39, 0.29) is 25.2 Å². The number of unbranched alkanes of at least 4 members (excludes halogenated alkanes) is 31. The molecular formula is C57H104O5. The second-order valence-electron chi connectivity index (χ2n) is 18.1. The molecule has 0 radical (unpaired) electrons. The average Bonchev–Trinajstić information content (AvgIpc) is 3.27. The summed E-state index contributed by atoms with van der Waals surface area (Å²) in [6, 6.07) is 0. The van der Waals surface area contributed by atoms with Gasteiger partial charge in [-0.3, -0.25) is 9.59 Å². The zero-order valence-corrected chi connectivity index (χ0v) is 41.6. The quantitative estimate of drug-likeness (QED) is 0.0346. The van der Waals surface area contributed by atoms with E-state index in [2.05, 4.69) is 69.4 Å². The predicted octanol–water partition coefficient (Wildman–Crippen LogP) is 18.3. The Labute approximate surface area is 386 Å². The van der Waals surface area contributed by atoms with Crippen LogP contribution in [-0.4, -0.2) is 37.9 Å². The maximum atomic E-state index is 12.8. The second kappa shape index (κ2) is 53.2. The minimum Gasteiger partial charge on any atom is -0.462 e. The first kappa shape index (κ1) is 59.9. The maximum absolute atomic E-state index is 12.8. The van der Waals surface area contributed by atoms with Gasteiger partial charge in [-0.05, 0) is 77.0 Å². The van der Waals surface area contributed by atoms with E-state index in [9.17, 15) is 9.59 Å². The highest BCUT2D eigenvalue weighted by Gasteiger charge is 2.17. The smallest absolute Gasteiger partial charge is 0.306 e. The number of allylic oxidation sites excluding steroid dienone is 8. The topological polar surface area (TPSA) is 61.8 Å². The van der Waals surface area contributed by atoms with Crippen molar-refractivity contribution in [2.24, 2.45) is 0 Å². The number of hydrogen-bond donors (Lipinski definition) is 0. The van der Waals surface area contributed by atoms with Crippen molar-refractivity contribution in [3.63, 3.8) is 0 Å². The van der Waals surface area contributed by atoms with Gasteiger partial charge in [-0.2, -0.15) is 0 Å². The molecule has 0 heterocycles. The predicted molar refractivity (Wildman–Crippen MR) is 270 cm³/mol. The van der Waals surface area contributed by atoms with Gasteiger partial charge in [0.2, 0.25) is 0 Å². The lowest BCUT2D eigenvalue weighted by molar-refractivity contribution is -0.162. The highest BCUT2D eigenvalue weighted by molar-refractivity contribution is 5.70. The third-order valence-electron chi connectivity index (χ3n) is 11.8. The molecule has 362 valence electrons. The molecule has 0 bridgehead atoms. The Morgan fingerprint density at radius 1 is 0.355 bits per heavy atom. The molecular weight excluding hydrogens is 765 g/mol. The van der Waals surface area contributed by atoms with Crippen LogP contribution < -0.4 is 0 Å². The maximum Gasteiger partial charge on any atom is 0.306 e. The van der Waals surface area contributed by atoms with Gasteiger partial charge in [0.25, 0.3) is 0 Å². The minimum atomic E-state index is -0.562. The van der Waals surface area contributed by atoms with Crippen LogP contribution in [0.4, 0.5) is 0 Å². The Morgan fingerprint density at radius 2 is 0.694 bits per heavy atom. The summed E-state index contributed by atoms with van der Waals surface area (Å²) >= 11 is 0. The van der Waals surface area contributed by atoms with Crippen molar-refractivity contribution in [2.75, 3.05) is 19.8 Å². The van der Waals surface area contributed by atoms with E-state index in [0.29, 0.717) is 19.4 Å². The normalized spacial score (nSPS) is 12.5. The highest BCUT2D eigenvalue weighted by Crippen LogP contribution is 2.15. The van der Waals surface area contributed by atoms with Crippen LogP contribution in [0, 0.1) is 0 Å². The largest absolute Gasteiger partial charge is 0.462 e. The first-order valence-electron chi connectivity index (χ1n) is 27.2. The first-order chi connectivity index (χ1) is 30.6. The fraction of sp³-hybridized carbons (Fsp3) is 0.825. The van der Waals surface area contributed by atoms with Crippen molar-refractivity contribution < 1.29 is 23.8 Å². The van der Waals surface area contributed by atoms with E-state index in [0.717, 1.165) is 64.2 Å². The monoisotopic (exact) mass is 869 g/mol. The second-order valence-corrected chi connectivity index (χ2v) is 18.1. The van der Waals surface area contributed by atoms with Crippen LogP contribution in [0.2, 0.25) is 0 Å². The van der Waals surface area contributed by atoms with Gasteiger partial charge in [0.05, 0.1) is 6.61 Å². The number of carbonyl (C=O) groups excluding carboxylic acids is 2. The zero-order chi connectivity index (χ0) is 44.9. The third-order valence-corrected chi connectivity index (χ3v) is 11.8. The first-order valence-corrected chi connectivity index (χ1v) is 27.2. The Kier molecular flexibility index (Phi) is 51.4. The number of carbonyl (C=O) groups is 2. The Morgan fingerprint density at radius 3 is 1.16 bits per heavy atom. The fourth-order valence-electron chi connectivity index (χ4n) is 7.76. The molecule has 0 spiro atoms. The summed E-state index contributed by atoms with van der Waals surface area (Å²) in [7, 11) is 0. The van der Waals surface area contributed by atoms with Gasteiger partial charge in [-0.15, -0.1) is 0 Å². The van der Waals surface area contributed by atoms with Crippen molar-refractivity contribution >= 4 is 11.9 Å². The Bertz CT molecular complexity index is 1030. The van der Waals surface area contributed by atoms with Crippen LogP contribution in [0.25, 0.3) is 0 Å². The van der Waals surface area contributed by atoms with Gasteiger partial charge in [0, 0.05) is 19.4 Å². The van der Waals surface area contributed by atoms with Crippen molar-refractivity contribution in [3.05, 3.63) is 48.6 Å². The van der Waals surface area contributed by atoms with Gasteiger partial charge >= 0.3 is 11.9 Å². The summed E-state index contributed by atoms with van der Waals surface area (Å²) in [6.07, 6.45) is 65.6. The summed E-state index contributed by atoms with van der Waals surface area (Å²) in [6.45, 7) is 7.79. The highest BCUT2D eigenvalue weighted by atomic mass is 16.6. The fourth-order valence-corrected chi connectivity index (χ4v) is 7.76. The van der Waals surface area contributed by atoms with Crippen molar-refractivity contribution in [2.45, 2.75) is 284 Å². The zero-order valence-electron chi connectivity index (χ0n) is 41.6. The SMILES string of the molecule is CCCCCC/C=C\CCCCCCCC(=O)OC[C@@H](COCCCCCCCCCCCCCCCCCC)OC(=O)CCC/C=C\C/C=C\C/C=C\CCCCCCCC. The Hall–Kier alpha value is -2.14. The van der Waals surface area contributed by atoms with Crippen LogP contribution in [0.5, 0.6) is 0 Å². The van der Waals surface area contributed by atoms with Gasteiger partial charge in [-0.25, -0.2) is 0 Å². The number of esters is 2. The molecule has 62 heavy (non-hydrogen) atoms. The molecule has 0 aromatic rings. The lowest BCUT2D eigenvalue weighted by Crippen LogP contribution is -2.30. The van der Waals surface area contributed by atoms with Crippen LogP contribution in [0.3, 0.4) is 0 Å².